The molecule has 0 aromatic carbocycles. The summed E-state index contributed by atoms with van der Waals surface area (Å²) in [6.45, 7) is 0.0266. The van der Waals surface area contributed by atoms with Crippen LogP contribution in [-0.4, -0.2) is 17.4 Å². The van der Waals surface area contributed by atoms with Gasteiger partial charge in [-0.2, -0.15) is 0 Å². The van der Waals surface area contributed by atoms with Crippen LogP contribution in [0.1, 0.15) is 0 Å². The number of halogens is 1. The molecule has 0 aliphatic heterocycles. The second-order valence-electron chi connectivity index (χ2n) is 2.41. The van der Waals surface area contributed by atoms with Crippen LogP contribution in [0.4, 0.5) is 11.5 Å². The molecular formula is C7H9BrN4O. The molecule has 1 aromatic heterocycles. The van der Waals surface area contributed by atoms with E-state index in [1.807, 2.05) is 0 Å². The Bertz CT molecular complexity index is 328. The first-order chi connectivity index (χ1) is 6.09. The monoisotopic (exact) mass is 244 g/mol. The SMILES string of the molecule is NC(=O)CNc1ncc(Br)cc1N. The summed E-state index contributed by atoms with van der Waals surface area (Å²) >= 11 is 3.21. The second-order valence-corrected chi connectivity index (χ2v) is 3.33. The lowest BCUT2D eigenvalue weighted by Crippen LogP contribution is -2.22. The molecule has 0 aliphatic rings. The number of pyridine rings is 1. The van der Waals surface area contributed by atoms with E-state index >= 15 is 0 Å². The molecule has 70 valence electrons. The fourth-order valence-electron chi connectivity index (χ4n) is 0.773. The third kappa shape index (κ3) is 2.90. The van der Waals surface area contributed by atoms with Crippen molar-refractivity contribution in [2.24, 2.45) is 5.73 Å². The number of anilines is 2. The van der Waals surface area contributed by atoms with E-state index in [0.717, 1.165) is 4.47 Å². The topological polar surface area (TPSA) is 94.0 Å². The smallest absolute Gasteiger partial charge is 0.236 e. The summed E-state index contributed by atoms with van der Waals surface area (Å²) in [5, 5.41) is 2.71. The predicted molar refractivity (Wildman–Crippen MR) is 54.0 cm³/mol. The first kappa shape index (κ1) is 9.79. The largest absolute Gasteiger partial charge is 0.396 e. The summed E-state index contributed by atoms with van der Waals surface area (Å²) in [6, 6.07) is 1.69. The summed E-state index contributed by atoms with van der Waals surface area (Å²) < 4.78 is 0.787. The van der Waals surface area contributed by atoms with E-state index < -0.39 is 5.91 Å². The van der Waals surface area contributed by atoms with Crippen molar-refractivity contribution in [3.63, 3.8) is 0 Å². The van der Waals surface area contributed by atoms with Crippen LogP contribution in [-0.2, 0) is 4.79 Å². The normalized spacial score (nSPS) is 9.62. The summed E-state index contributed by atoms with van der Waals surface area (Å²) in [4.78, 5) is 14.4. The van der Waals surface area contributed by atoms with Gasteiger partial charge in [0, 0.05) is 10.7 Å². The number of carbonyl (C=O) groups is 1. The number of hydrogen-bond acceptors (Lipinski definition) is 4. The van der Waals surface area contributed by atoms with Crippen LogP contribution >= 0.6 is 15.9 Å². The zero-order chi connectivity index (χ0) is 9.84. The third-order valence-corrected chi connectivity index (χ3v) is 1.75. The number of aromatic nitrogens is 1. The Balaban J connectivity index is 2.72. The molecule has 0 aliphatic carbocycles. The first-order valence-electron chi connectivity index (χ1n) is 3.53. The average molecular weight is 245 g/mol. The van der Waals surface area contributed by atoms with Crippen LogP contribution in [0.3, 0.4) is 0 Å². The van der Waals surface area contributed by atoms with E-state index in [2.05, 4.69) is 26.2 Å². The highest BCUT2D eigenvalue weighted by Crippen LogP contribution is 2.19. The molecular weight excluding hydrogens is 236 g/mol. The van der Waals surface area contributed by atoms with Gasteiger partial charge in [0.25, 0.3) is 0 Å². The lowest BCUT2D eigenvalue weighted by atomic mass is 10.4. The fraction of sp³-hybridized carbons (Fsp3) is 0.143. The number of amides is 1. The quantitative estimate of drug-likeness (QED) is 0.714. The van der Waals surface area contributed by atoms with Crippen molar-refractivity contribution < 1.29 is 4.79 Å². The van der Waals surface area contributed by atoms with Gasteiger partial charge < -0.3 is 16.8 Å². The van der Waals surface area contributed by atoms with Gasteiger partial charge in [0.15, 0.2) is 0 Å². The number of primary amides is 1. The average Bonchev–Trinajstić information content (AvgIpc) is 2.02. The van der Waals surface area contributed by atoms with Gasteiger partial charge in [0.1, 0.15) is 5.82 Å². The van der Waals surface area contributed by atoms with Crippen LogP contribution in [0.25, 0.3) is 0 Å². The molecule has 1 amide bonds. The molecule has 6 heteroatoms. The zero-order valence-corrected chi connectivity index (χ0v) is 8.34. The van der Waals surface area contributed by atoms with E-state index in [1.165, 1.54) is 0 Å². The molecule has 5 N–H and O–H groups in total. The predicted octanol–water partition coefficient (Wildman–Crippen LogP) is 0.323. The maximum absolute atomic E-state index is 10.4. The summed E-state index contributed by atoms with van der Waals surface area (Å²) in [5.74, 6) is 0.00567. The Morgan fingerprint density at radius 1 is 1.69 bits per heavy atom. The van der Waals surface area contributed by atoms with Crippen LogP contribution in [0.5, 0.6) is 0 Å². The highest BCUT2D eigenvalue weighted by atomic mass is 79.9. The Morgan fingerprint density at radius 2 is 2.38 bits per heavy atom. The van der Waals surface area contributed by atoms with E-state index in [-0.39, 0.29) is 6.54 Å². The first-order valence-corrected chi connectivity index (χ1v) is 4.32. The number of nitrogens with zero attached hydrogens (tertiary/aromatic N) is 1. The van der Waals surface area contributed by atoms with E-state index in [0.29, 0.717) is 11.5 Å². The molecule has 0 bridgehead atoms. The summed E-state index contributed by atoms with van der Waals surface area (Å²) in [5.41, 5.74) is 11.0. The molecule has 1 rings (SSSR count). The Morgan fingerprint density at radius 3 is 2.92 bits per heavy atom. The Hall–Kier alpha value is -1.30. The van der Waals surface area contributed by atoms with Gasteiger partial charge in [-0.3, -0.25) is 4.79 Å². The highest BCUT2D eigenvalue weighted by Gasteiger charge is 2.01. The Labute approximate surface area is 83.6 Å². The molecule has 0 saturated heterocycles. The third-order valence-electron chi connectivity index (χ3n) is 1.31. The minimum absolute atomic E-state index is 0.0266. The molecule has 13 heavy (non-hydrogen) atoms. The maximum Gasteiger partial charge on any atom is 0.236 e. The van der Waals surface area contributed by atoms with Crippen molar-refractivity contribution >= 4 is 33.3 Å². The number of nitrogen functional groups attached to an aromatic ring is 1. The lowest BCUT2D eigenvalue weighted by Gasteiger charge is -2.05. The fourth-order valence-corrected chi connectivity index (χ4v) is 1.12. The Kier molecular flexibility index (Phi) is 3.07. The van der Waals surface area contributed by atoms with Crippen molar-refractivity contribution in [1.29, 1.82) is 0 Å². The van der Waals surface area contributed by atoms with Gasteiger partial charge in [0.05, 0.1) is 12.2 Å². The summed E-state index contributed by atoms with van der Waals surface area (Å²) in [7, 11) is 0. The number of nitrogens with one attached hydrogen (secondary N) is 1. The number of carbonyl (C=O) groups excluding carboxylic acids is 1. The zero-order valence-electron chi connectivity index (χ0n) is 6.75. The van der Waals surface area contributed by atoms with Crippen molar-refractivity contribution in [3.8, 4) is 0 Å². The number of hydrogen-bond donors (Lipinski definition) is 3. The van der Waals surface area contributed by atoms with Crippen molar-refractivity contribution in [1.82, 2.24) is 4.98 Å². The molecule has 0 unspecified atom stereocenters. The van der Waals surface area contributed by atoms with Crippen molar-refractivity contribution in [3.05, 3.63) is 16.7 Å². The van der Waals surface area contributed by atoms with E-state index in [1.54, 1.807) is 12.3 Å². The minimum Gasteiger partial charge on any atom is -0.396 e. The molecule has 0 fully saturated rings. The standard InChI is InChI=1S/C7H9BrN4O/c8-4-1-5(9)7(11-2-4)12-3-6(10)13/h1-2H,3,9H2,(H2,10,13)(H,11,12). The minimum atomic E-state index is -0.455. The van der Waals surface area contributed by atoms with Crippen LogP contribution in [0.2, 0.25) is 0 Å². The van der Waals surface area contributed by atoms with Gasteiger partial charge in [-0.15, -0.1) is 0 Å². The molecule has 0 radical (unpaired) electrons. The van der Waals surface area contributed by atoms with Gasteiger partial charge in [-0.25, -0.2) is 4.98 Å². The summed E-state index contributed by atoms with van der Waals surface area (Å²) in [6.07, 6.45) is 1.58. The van der Waals surface area contributed by atoms with Gasteiger partial charge in [-0.05, 0) is 22.0 Å². The van der Waals surface area contributed by atoms with Crippen molar-refractivity contribution in [2.75, 3.05) is 17.6 Å². The molecule has 0 spiro atoms. The molecule has 1 heterocycles. The van der Waals surface area contributed by atoms with Crippen molar-refractivity contribution in [2.45, 2.75) is 0 Å². The second kappa shape index (κ2) is 4.08. The van der Waals surface area contributed by atoms with E-state index in [4.69, 9.17) is 11.5 Å². The number of nitrogens with two attached hydrogens (primary N) is 2. The lowest BCUT2D eigenvalue weighted by molar-refractivity contribution is -0.116. The van der Waals surface area contributed by atoms with Gasteiger partial charge in [-0.1, -0.05) is 0 Å². The van der Waals surface area contributed by atoms with E-state index in [9.17, 15) is 4.79 Å². The highest BCUT2D eigenvalue weighted by molar-refractivity contribution is 9.10. The van der Waals surface area contributed by atoms with Crippen LogP contribution in [0.15, 0.2) is 16.7 Å². The number of rotatable bonds is 3. The molecule has 1 aromatic rings. The van der Waals surface area contributed by atoms with Crippen LogP contribution < -0.4 is 16.8 Å². The van der Waals surface area contributed by atoms with Gasteiger partial charge >= 0.3 is 0 Å². The molecule has 0 saturated carbocycles. The maximum atomic E-state index is 10.4. The molecule has 5 nitrogen and oxygen atoms in total. The molecule has 0 atom stereocenters. The van der Waals surface area contributed by atoms with Gasteiger partial charge in [0.2, 0.25) is 5.91 Å². The van der Waals surface area contributed by atoms with Crippen LogP contribution in [0, 0.1) is 0 Å².